The molecule has 3 aliphatic heterocycles. The molecule has 2 bridgehead atoms. The van der Waals surface area contributed by atoms with Crippen molar-refractivity contribution in [2.24, 2.45) is 17.8 Å². The molecule has 0 saturated carbocycles. The number of β-amino-alcohol motifs (C(OH)–C–C–N with tert-alkyl or cyclic N) is 1. The zero-order chi connectivity index (χ0) is 24.7. The molecule has 1 aromatic carbocycles. The largest absolute Gasteiger partial charge is 0.466 e. The van der Waals surface area contributed by atoms with Crippen molar-refractivity contribution >= 4 is 17.8 Å². The Morgan fingerprint density at radius 3 is 2.68 bits per heavy atom. The van der Waals surface area contributed by atoms with Gasteiger partial charge in [0.25, 0.3) is 0 Å². The molecule has 0 aliphatic carbocycles. The highest BCUT2D eigenvalue weighted by Gasteiger charge is 2.80. The molecule has 184 valence electrons. The van der Waals surface area contributed by atoms with E-state index in [1.165, 1.54) is 4.90 Å². The Kier molecular flexibility index (Phi) is 6.57. The Morgan fingerprint density at radius 1 is 1.35 bits per heavy atom. The van der Waals surface area contributed by atoms with Gasteiger partial charge in [0, 0.05) is 19.6 Å². The maximum absolute atomic E-state index is 14.1. The summed E-state index contributed by atoms with van der Waals surface area (Å²) in [5.74, 6) is -2.76. The van der Waals surface area contributed by atoms with Gasteiger partial charge in [-0.15, -0.1) is 6.58 Å². The standard InChI is InChI=1S/C26H34N2O6/c1-5-12-27(16-18-10-8-7-9-11-18)23(31)21-26-15-17(3)25(4,34-26)20(24(32)33-6-2)19(26)22(30)28(21)13-14-29/h5,7-11,17,19-21,29H,1,6,12-16H2,2-4H3/t17?,19-,20-,21?,25+,26?/m0/s1. The molecule has 1 aromatic rings. The Hall–Kier alpha value is -2.71. The zero-order valence-corrected chi connectivity index (χ0v) is 20.1. The minimum Gasteiger partial charge on any atom is -0.466 e. The smallest absolute Gasteiger partial charge is 0.312 e. The number of aliphatic hydroxyl groups is 1. The van der Waals surface area contributed by atoms with Crippen LogP contribution in [0.4, 0.5) is 0 Å². The van der Waals surface area contributed by atoms with Gasteiger partial charge in [0.05, 0.1) is 24.7 Å². The fourth-order valence-electron chi connectivity index (χ4n) is 6.32. The number of likely N-dealkylation sites (tertiary alicyclic amines) is 1. The Labute approximate surface area is 200 Å². The van der Waals surface area contributed by atoms with Gasteiger partial charge in [-0.25, -0.2) is 0 Å². The van der Waals surface area contributed by atoms with Crippen LogP contribution in [0.1, 0.15) is 32.8 Å². The van der Waals surface area contributed by atoms with Gasteiger partial charge in [0.1, 0.15) is 17.6 Å². The molecule has 3 aliphatic rings. The highest BCUT2D eigenvalue weighted by molar-refractivity contribution is 5.98. The molecule has 0 aromatic heterocycles. The van der Waals surface area contributed by atoms with Crippen molar-refractivity contribution in [3.63, 3.8) is 0 Å². The van der Waals surface area contributed by atoms with E-state index in [4.69, 9.17) is 9.47 Å². The van der Waals surface area contributed by atoms with Crippen molar-refractivity contribution in [2.75, 3.05) is 26.3 Å². The van der Waals surface area contributed by atoms with E-state index in [-0.39, 0.29) is 37.5 Å². The van der Waals surface area contributed by atoms with Crippen molar-refractivity contribution < 1.29 is 29.0 Å². The first kappa shape index (κ1) is 24.4. The summed E-state index contributed by atoms with van der Waals surface area (Å²) in [7, 11) is 0. The van der Waals surface area contributed by atoms with Crippen LogP contribution in [-0.2, 0) is 30.4 Å². The predicted molar refractivity (Wildman–Crippen MR) is 124 cm³/mol. The first-order chi connectivity index (χ1) is 16.2. The molecule has 8 nitrogen and oxygen atoms in total. The molecule has 1 spiro atoms. The minimum absolute atomic E-state index is 0.00917. The van der Waals surface area contributed by atoms with Gasteiger partial charge in [0.15, 0.2) is 0 Å². The second-order valence-electron chi connectivity index (χ2n) is 9.70. The number of carbonyl (C=O) groups excluding carboxylic acids is 3. The first-order valence-electron chi connectivity index (χ1n) is 12.0. The van der Waals surface area contributed by atoms with Crippen LogP contribution >= 0.6 is 0 Å². The molecule has 4 rings (SSSR count). The molecule has 34 heavy (non-hydrogen) atoms. The lowest BCUT2D eigenvalue weighted by molar-refractivity contribution is -0.162. The lowest BCUT2D eigenvalue weighted by atomic mass is 9.62. The third-order valence-corrected chi connectivity index (χ3v) is 7.81. The number of amides is 2. The number of carbonyl (C=O) groups is 3. The molecule has 8 heteroatoms. The lowest BCUT2D eigenvalue weighted by Crippen LogP contribution is -2.56. The number of hydrogen-bond acceptors (Lipinski definition) is 6. The van der Waals surface area contributed by atoms with Crippen molar-refractivity contribution in [1.82, 2.24) is 9.80 Å². The SMILES string of the molecule is C=CCN(Cc1ccccc1)C(=O)C1N(CCO)C(=O)[C@@H]2[C@@H](C(=O)OCC)[C@]3(C)OC12CC3C. The van der Waals surface area contributed by atoms with Crippen LogP contribution in [0.15, 0.2) is 43.0 Å². The molecule has 3 fully saturated rings. The number of nitrogens with zero attached hydrogens (tertiary/aromatic N) is 2. The molecule has 3 heterocycles. The van der Waals surface area contributed by atoms with Crippen LogP contribution in [0.25, 0.3) is 0 Å². The maximum Gasteiger partial charge on any atom is 0.312 e. The van der Waals surface area contributed by atoms with Crippen molar-refractivity contribution in [3.8, 4) is 0 Å². The fourth-order valence-corrected chi connectivity index (χ4v) is 6.32. The molecule has 2 amide bonds. The highest BCUT2D eigenvalue weighted by Crippen LogP contribution is 2.65. The van der Waals surface area contributed by atoms with E-state index in [1.807, 2.05) is 44.2 Å². The number of esters is 1. The zero-order valence-electron chi connectivity index (χ0n) is 20.1. The van der Waals surface area contributed by atoms with E-state index in [0.717, 1.165) is 5.56 Å². The van der Waals surface area contributed by atoms with E-state index in [0.29, 0.717) is 19.5 Å². The number of rotatable bonds is 9. The topological polar surface area (TPSA) is 96.4 Å². The van der Waals surface area contributed by atoms with Crippen molar-refractivity contribution in [2.45, 2.75) is 51.0 Å². The molecular weight excluding hydrogens is 436 g/mol. The highest BCUT2D eigenvalue weighted by atomic mass is 16.6. The summed E-state index contributed by atoms with van der Waals surface area (Å²) < 4.78 is 12.0. The first-order valence-corrected chi connectivity index (χ1v) is 12.0. The number of fused-ring (bicyclic) bond motifs is 1. The van der Waals surface area contributed by atoms with Gasteiger partial charge < -0.3 is 24.4 Å². The van der Waals surface area contributed by atoms with Crippen LogP contribution in [0.5, 0.6) is 0 Å². The van der Waals surface area contributed by atoms with Crippen molar-refractivity contribution in [3.05, 3.63) is 48.6 Å². The number of hydrogen-bond donors (Lipinski definition) is 1. The Morgan fingerprint density at radius 2 is 2.06 bits per heavy atom. The maximum atomic E-state index is 14.1. The normalized spacial score (nSPS) is 33.6. The Bertz CT molecular complexity index is 967. The average Bonchev–Trinajstić information content (AvgIpc) is 3.31. The third kappa shape index (κ3) is 3.55. The summed E-state index contributed by atoms with van der Waals surface area (Å²) in [6.07, 6.45) is 2.13. The molecule has 0 radical (unpaired) electrons. The third-order valence-electron chi connectivity index (χ3n) is 7.81. The average molecular weight is 471 g/mol. The number of aliphatic hydroxyl groups excluding tert-OH is 1. The second-order valence-corrected chi connectivity index (χ2v) is 9.70. The molecule has 3 saturated heterocycles. The van der Waals surface area contributed by atoms with E-state index < -0.39 is 35.0 Å². The van der Waals surface area contributed by atoms with E-state index in [1.54, 1.807) is 17.9 Å². The summed E-state index contributed by atoms with van der Waals surface area (Å²) in [5.41, 5.74) is -1.10. The fraction of sp³-hybridized carbons (Fsp3) is 0.577. The predicted octanol–water partition coefficient (Wildman–Crippen LogP) is 1.77. The van der Waals surface area contributed by atoms with E-state index >= 15 is 0 Å². The molecule has 1 N–H and O–H groups in total. The summed E-state index contributed by atoms with van der Waals surface area (Å²) >= 11 is 0. The van der Waals surface area contributed by atoms with Crippen molar-refractivity contribution in [1.29, 1.82) is 0 Å². The Balaban J connectivity index is 1.76. The van der Waals surface area contributed by atoms with E-state index in [2.05, 4.69) is 6.58 Å². The molecular formula is C26H34N2O6. The monoisotopic (exact) mass is 470 g/mol. The van der Waals surface area contributed by atoms with Gasteiger partial charge in [-0.1, -0.05) is 43.3 Å². The van der Waals surface area contributed by atoms with Crippen LogP contribution in [0.3, 0.4) is 0 Å². The van der Waals surface area contributed by atoms with Gasteiger partial charge in [-0.3, -0.25) is 14.4 Å². The van der Waals surface area contributed by atoms with Crippen LogP contribution < -0.4 is 0 Å². The van der Waals surface area contributed by atoms with Gasteiger partial charge in [-0.2, -0.15) is 0 Å². The molecule has 3 unspecified atom stereocenters. The minimum atomic E-state index is -1.15. The van der Waals surface area contributed by atoms with Crippen LogP contribution in [-0.4, -0.2) is 76.2 Å². The summed E-state index contributed by atoms with van der Waals surface area (Å²) in [6.45, 7) is 9.90. The summed E-state index contributed by atoms with van der Waals surface area (Å²) in [4.78, 5) is 44.0. The quantitative estimate of drug-likeness (QED) is 0.437. The number of benzene rings is 1. The van der Waals surface area contributed by atoms with Crippen LogP contribution in [0.2, 0.25) is 0 Å². The second kappa shape index (κ2) is 9.15. The van der Waals surface area contributed by atoms with Gasteiger partial charge in [0.2, 0.25) is 11.8 Å². The van der Waals surface area contributed by atoms with Crippen LogP contribution in [0, 0.1) is 17.8 Å². The van der Waals surface area contributed by atoms with Gasteiger partial charge in [-0.05, 0) is 31.7 Å². The summed E-state index contributed by atoms with van der Waals surface area (Å²) in [5, 5.41) is 9.75. The number of ether oxygens (including phenoxy) is 2. The molecule has 6 atom stereocenters. The summed E-state index contributed by atoms with van der Waals surface area (Å²) in [6, 6.07) is 8.66. The lowest BCUT2D eigenvalue weighted by Gasteiger charge is -2.37. The van der Waals surface area contributed by atoms with Gasteiger partial charge >= 0.3 is 5.97 Å². The van der Waals surface area contributed by atoms with E-state index in [9.17, 15) is 19.5 Å².